The summed E-state index contributed by atoms with van der Waals surface area (Å²) in [6.45, 7) is 2.26. The molecule has 0 aliphatic heterocycles. The minimum atomic E-state index is 0.540. The zero-order valence-electron chi connectivity index (χ0n) is 10.3. The highest BCUT2D eigenvalue weighted by atomic mass is 79.9. The van der Waals surface area contributed by atoms with E-state index in [9.17, 15) is 0 Å². The molecule has 1 aromatic heterocycles. The van der Waals surface area contributed by atoms with Gasteiger partial charge < -0.3 is 5.32 Å². The Bertz CT molecular complexity index is 285. The molecule has 1 rings (SSSR count). The zero-order valence-corrected chi connectivity index (χ0v) is 12.7. The number of halogens is 1. The van der Waals surface area contributed by atoms with E-state index in [2.05, 4.69) is 47.4 Å². The lowest BCUT2D eigenvalue weighted by atomic mass is 10.1. The maximum absolute atomic E-state index is 3.52. The summed E-state index contributed by atoms with van der Waals surface area (Å²) in [6.07, 6.45) is 8.07. The van der Waals surface area contributed by atoms with Crippen molar-refractivity contribution in [2.24, 2.45) is 0 Å². The first kappa shape index (κ1) is 14.2. The summed E-state index contributed by atoms with van der Waals surface area (Å²) in [6, 6.07) is 4.90. The maximum atomic E-state index is 3.52. The number of hydrogen-bond acceptors (Lipinski definition) is 2. The van der Waals surface area contributed by atoms with E-state index in [-0.39, 0.29) is 0 Å². The summed E-state index contributed by atoms with van der Waals surface area (Å²) in [5, 5.41) is 3.41. The predicted molar refractivity (Wildman–Crippen MR) is 77.2 cm³/mol. The highest BCUT2D eigenvalue weighted by Crippen LogP contribution is 2.29. The van der Waals surface area contributed by atoms with Crippen LogP contribution in [0.3, 0.4) is 0 Å². The van der Waals surface area contributed by atoms with E-state index in [1.54, 1.807) is 0 Å². The molecule has 0 aliphatic carbocycles. The molecule has 0 fully saturated rings. The van der Waals surface area contributed by atoms with Crippen LogP contribution in [0, 0.1) is 0 Å². The van der Waals surface area contributed by atoms with Gasteiger partial charge >= 0.3 is 0 Å². The summed E-state index contributed by atoms with van der Waals surface area (Å²) in [5.74, 6) is 0. The van der Waals surface area contributed by atoms with E-state index in [4.69, 9.17) is 0 Å². The zero-order chi connectivity index (χ0) is 11.8. The molecule has 3 heteroatoms. The van der Waals surface area contributed by atoms with Gasteiger partial charge in [-0.3, -0.25) is 0 Å². The van der Waals surface area contributed by atoms with Crippen LogP contribution in [-0.4, -0.2) is 7.05 Å². The van der Waals surface area contributed by atoms with Crippen molar-refractivity contribution in [1.29, 1.82) is 0 Å². The standard InChI is InChI=1S/C13H22BrNS/c1-3-4-5-6-7-8-11(15-2)12-9-10-13(14)16-12/h9-11,15H,3-8H2,1-2H3. The van der Waals surface area contributed by atoms with Gasteiger partial charge in [0, 0.05) is 10.9 Å². The van der Waals surface area contributed by atoms with Crippen LogP contribution in [0.5, 0.6) is 0 Å². The molecule has 16 heavy (non-hydrogen) atoms. The Morgan fingerprint density at radius 2 is 2.00 bits per heavy atom. The Balaban J connectivity index is 2.27. The van der Waals surface area contributed by atoms with Crippen LogP contribution in [0.4, 0.5) is 0 Å². The molecule has 1 nitrogen and oxygen atoms in total. The third kappa shape index (κ3) is 4.98. The normalized spacial score (nSPS) is 12.9. The second-order valence-corrected chi connectivity index (χ2v) is 6.68. The minimum Gasteiger partial charge on any atom is -0.312 e. The first-order valence-corrected chi connectivity index (χ1v) is 7.81. The van der Waals surface area contributed by atoms with Crippen molar-refractivity contribution in [3.63, 3.8) is 0 Å². The number of thiophene rings is 1. The van der Waals surface area contributed by atoms with E-state index in [0.717, 1.165) is 0 Å². The molecule has 1 aromatic rings. The molecule has 0 bridgehead atoms. The average Bonchev–Trinajstić information content (AvgIpc) is 2.70. The van der Waals surface area contributed by atoms with Crippen LogP contribution in [0.15, 0.2) is 15.9 Å². The average molecular weight is 304 g/mol. The molecule has 0 aliphatic rings. The van der Waals surface area contributed by atoms with E-state index < -0.39 is 0 Å². The Hall–Kier alpha value is 0.140. The van der Waals surface area contributed by atoms with Gasteiger partial charge in [0.25, 0.3) is 0 Å². The molecule has 0 saturated heterocycles. The van der Waals surface area contributed by atoms with E-state index in [0.29, 0.717) is 6.04 Å². The second kappa shape index (κ2) is 8.26. The molecule has 0 saturated carbocycles. The topological polar surface area (TPSA) is 12.0 Å². The third-order valence-electron chi connectivity index (χ3n) is 2.88. The van der Waals surface area contributed by atoms with Crippen molar-refractivity contribution in [1.82, 2.24) is 5.32 Å². The van der Waals surface area contributed by atoms with Gasteiger partial charge in [-0.2, -0.15) is 0 Å². The van der Waals surface area contributed by atoms with Gasteiger partial charge in [-0.15, -0.1) is 11.3 Å². The van der Waals surface area contributed by atoms with E-state index >= 15 is 0 Å². The molecule has 0 radical (unpaired) electrons. The fourth-order valence-electron chi connectivity index (χ4n) is 1.90. The number of rotatable bonds is 8. The van der Waals surface area contributed by atoms with Crippen molar-refractivity contribution in [3.8, 4) is 0 Å². The second-order valence-electron chi connectivity index (χ2n) is 4.19. The lowest BCUT2D eigenvalue weighted by molar-refractivity contribution is 0.506. The van der Waals surface area contributed by atoms with Crippen molar-refractivity contribution >= 4 is 27.3 Å². The van der Waals surface area contributed by atoms with Crippen LogP contribution in [0.1, 0.15) is 56.4 Å². The van der Waals surface area contributed by atoms with Gasteiger partial charge in [0.05, 0.1) is 3.79 Å². The van der Waals surface area contributed by atoms with Crippen LogP contribution >= 0.6 is 27.3 Å². The quantitative estimate of drug-likeness (QED) is 0.656. The lowest BCUT2D eigenvalue weighted by Gasteiger charge is -2.14. The fraction of sp³-hybridized carbons (Fsp3) is 0.692. The van der Waals surface area contributed by atoms with E-state index in [1.165, 1.54) is 47.2 Å². The molecule has 1 heterocycles. The highest BCUT2D eigenvalue weighted by molar-refractivity contribution is 9.11. The lowest BCUT2D eigenvalue weighted by Crippen LogP contribution is -2.14. The number of hydrogen-bond donors (Lipinski definition) is 1. The summed E-state index contributed by atoms with van der Waals surface area (Å²) >= 11 is 5.37. The molecule has 1 atom stereocenters. The Labute approximate surface area is 112 Å². The molecule has 0 amide bonds. The minimum absolute atomic E-state index is 0.540. The Morgan fingerprint density at radius 3 is 2.56 bits per heavy atom. The smallest absolute Gasteiger partial charge is 0.0701 e. The van der Waals surface area contributed by atoms with Gasteiger partial charge in [0.2, 0.25) is 0 Å². The molecule has 1 unspecified atom stereocenters. The SMILES string of the molecule is CCCCCCCC(NC)c1ccc(Br)s1. The number of nitrogens with one attached hydrogen (secondary N) is 1. The van der Waals surface area contributed by atoms with Gasteiger partial charge in [-0.25, -0.2) is 0 Å². The molecule has 0 spiro atoms. The molecular formula is C13H22BrNS. The van der Waals surface area contributed by atoms with Crippen molar-refractivity contribution in [2.75, 3.05) is 7.05 Å². The summed E-state index contributed by atoms with van der Waals surface area (Å²) in [7, 11) is 2.06. The Morgan fingerprint density at radius 1 is 1.25 bits per heavy atom. The van der Waals surface area contributed by atoms with Gasteiger partial charge in [-0.1, -0.05) is 39.0 Å². The van der Waals surface area contributed by atoms with Crippen LogP contribution in [-0.2, 0) is 0 Å². The highest BCUT2D eigenvalue weighted by Gasteiger charge is 2.10. The summed E-state index contributed by atoms with van der Waals surface area (Å²) in [4.78, 5) is 1.45. The van der Waals surface area contributed by atoms with Crippen molar-refractivity contribution in [2.45, 2.75) is 51.5 Å². The molecular weight excluding hydrogens is 282 g/mol. The van der Waals surface area contributed by atoms with Crippen molar-refractivity contribution in [3.05, 3.63) is 20.8 Å². The monoisotopic (exact) mass is 303 g/mol. The van der Waals surface area contributed by atoms with Gasteiger partial charge in [0.1, 0.15) is 0 Å². The maximum Gasteiger partial charge on any atom is 0.0701 e. The number of unbranched alkanes of at least 4 members (excludes halogenated alkanes) is 4. The Kier molecular flexibility index (Phi) is 7.33. The molecule has 1 N–H and O–H groups in total. The van der Waals surface area contributed by atoms with Crippen LogP contribution in [0.2, 0.25) is 0 Å². The van der Waals surface area contributed by atoms with Crippen molar-refractivity contribution < 1.29 is 0 Å². The molecule has 92 valence electrons. The third-order valence-corrected chi connectivity index (χ3v) is 4.62. The summed E-state index contributed by atoms with van der Waals surface area (Å²) < 4.78 is 1.23. The van der Waals surface area contributed by atoms with Crippen LogP contribution in [0.25, 0.3) is 0 Å². The summed E-state index contributed by atoms with van der Waals surface area (Å²) in [5.41, 5.74) is 0. The van der Waals surface area contributed by atoms with Crippen LogP contribution < -0.4 is 5.32 Å². The largest absolute Gasteiger partial charge is 0.312 e. The van der Waals surface area contributed by atoms with Gasteiger partial charge in [0.15, 0.2) is 0 Å². The predicted octanol–water partition coefficient (Wildman–Crippen LogP) is 5.13. The van der Waals surface area contributed by atoms with E-state index in [1.807, 2.05) is 11.3 Å². The molecule has 0 aromatic carbocycles. The first-order chi connectivity index (χ1) is 7.77. The van der Waals surface area contributed by atoms with Gasteiger partial charge in [-0.05, 0) is 41.5 Å². The fourth-order valence-corrected chi connectivity index (χ4v) is 3.46. The first-order valence-electron chi connectivity index (χ1n) is 6.20.